The van der Waals surface area contributed by atoms with Crippen molar-refractivity contribution < 1.29 is 9.59 Å². The van der Waals surface area contributed by atoms with Crippen LogP contribution in [0.3, 0.4) is 0 Å². The molecule has 2 aliphatic heterocycles. The van der Waals surface area contributed by atoms with Crippen molar-refractivity contribution in [2.45, 2.75) is 65.3 Å². The average Bonchev–Trinajstić information content (AvgIpc) is 2.79. The molecule has 0 aromatic heterocycles. The van der Waals surface area contributed by atoms with Crippen LogP contribution >= 0.6 is 0 Å². The zero-order valence-electron chi connectivity index (χ0n) is 19.0. The molecule has 0 spiro atoms. The topological polar surface area (TPSA) is 52.7 Å². The van der Waals surface area contributed by atoms with E-state index < -0.39 is 0 Å². The first kappa shape index (κ1) is 22.8. The van der Waals surface area contributed by atoms with Gasteiger partial charge in [-0.2, -0.15) is 0 Å². The number of rotatable bonds is 7. The number of amides is 2. The maximum Gasteiger partial charge on any atom is 0.228 e. The lowest BCUT2D eigenvalue weighted by Crippen LogP contribution is -2.53. The molecule has 2 amide bonds. The van der Waals surface area contributed by atoms with Gasteiger partial charge < -0.3 is 10.2 Å². The summed E-state index contributed by atoms with van der Waals surface area (Å²) in [5.74, 6) is 0.582. The molecule has 166 valence electrons. The van der Waals surface area contributed by atoms with E-state index in [1.165, 1.54) is 5.56 Å². The summed E-state index contributed by atoms with van der Waals surface area (Å²) in [6, 6.07) is 10.8. The van der Waals surface area contributed by atoms with Gasteiger partial charge in [-0.05, 0) is 50.6 Å². The molecule has 5 heteroatoms. The summed E-state index contributed by atoms with van der Waals surface area (Å²) in [4.78, 5) is 30.0. The highest BCUT2D eigenvalue weighted by atomic mass is 16.2. The van der Waals surface area contributed by atoms with Crippen molar-refractivity contribution in [1.82, 2.24) is 15.1 Å². The molecule has 0 unspecified atom stereocenters. The maximum atomic E-state index is 12.7. The van der Waals surface area contributed by atoms with E-state index >= 15 is 0 Å². The van der Waals surface area contributed by atoms with Gasteiger partial charge in [-0.3, -0.25) is 14.5 Å². The highest BCUT2D eigenvalue weighted by Gasteiger charge is 2.35. The maximum absolute atomic E-state index is 12.7. The first-order valence-corrected chi connectivity index (χ1v) is 11.8. The number of carbonyl (C=O) groups is 2. The second kappa shape index (κ2) is 10.4. The van der Waals surface area contributed by atoms with Gasteiger partial charge in [0.2, 0.25) is 11.8 Å². The molecule has 30 heavy (non-hydrogen) atoms. The molecule has 0 aliphatic carbocycles. The van der Waals surface area contributed by atoms with E-state index in [2.05, 4.69) is 34.2 Å². The zero-order chi connectivity index (χ0) is 21.6. The molecule has 3 rings (SSSR count). The van der Waals surface area contributed by atoms with Crippen LogP contribution < -0.4 is 5.32 Å². The third-order valence-corrected chi connectivity index (χ3v) is 7.11. The van der Waals surface area contributed by atoms with E-state index in [0.29, 0.717) is 12.6 Å². The molecular formula is C25H39N3O2. The van der Waals surface area contributed by atoms with Crippen LogP contribution in [0.4, 0.5) is 0 Å². The van der Waals surface area contributed by atoms with Crippen molar-refractivity contribution >= 4 is 11.8 Å². The summed E-state index contributed by atoms with van der Waals surface area (Å²) in [5, 5.41) is 3.15. The van der Waals surface area contributed by atoms with Gasteiger partial charge in [-0.15, -0.1) is 0 Å². The summed E-state index contributed by atoms with van der Waals surface area (Å²) in [5.41, 5.74) is 0.997. The van der Waals surface area contributed by atoms with E-state index in [0.717, 1.165) is 64.7 Å². The van der Waals surface area contributed by atoms with E-state index in [1.54, 1.807) is 0 Å². The number of hydrogen-bond acceptors (Lipinski definition) is 3. The SMILES string of the molecule is CCC(C)(C)C(=O)N1CCC(N2CCC[C@H](C(=O)NCCc3ccccc3)C2)CC1. The molecule has 0 bridgehead atoms. The Bertz CT molecular complexity index is 696. The molecule has 0 radical (unpaired) electrons. The van der Waals surface area contributed by atoms with E-state index in [9.17, 15) is 9.59 Å². The van der Waals surface area contributed by atoms with Gasteiger partial charge in [0.25, 0.3) is 0 Å². The Hall–Kier alpha value is -1.88. The minimum absolute atomic E-state index is 0.0909. The molecule has 5 nitrogen and oxygen atoms in total. The number of carbonyl (C=O) groups excluding carboxylic acids is 2. The average molecular weight is 414 g/mol. The molecule has 2 fully saturated rings. The van der Waals surface area contributed by atoms with Crippen molar-refractivity contribution in [3.05, 3.63) is 35.9 Å². The number of hydrogen-bond donors (Lipinski definition) is 1. The van der Waals surface area contributed by atoms with Crippen molar-refractivity contribution in [2.24, 2.45) is 11.3 Å². The number of nitrogens with zero attached hydrogens (tertiary/aromatic N) is 2. The number of piperidine rings is 2. The molecular weight excluding hydrogens is 374 g/mol. The minimum atomic E-state index is -0.263. The zero-order valence-corrected chi connectivity index (χ0v) is 19.0. The molecule has 0 saturated carbocycles. The van der Waals surface area contributed by atoms with Crippen molar-refractivity contribution in [2.75, 3.05) is 32.7 Å². The fraction of sp³-hybridized carbons (Fsp3) is 0.680. The molecule has 2 heterocycles. The van der Waals surface area contributed by atoms with Crippen molar-refractivity contribution in [3.63, 3.8) is 0 Å². The van der Waals surface area contributed by atoms with Crippen LogP contribution in [-0.4, -0.2) is 60.4 Å². The predicted molar refractivity (Wildman–Crippen MR) is 121 cm³/mol. The lowest BCUT2D eigenvalue weighted by Gasteiger charge is -2.43. The fourth-order valence-corrected chi connectivity index (χ4v) is 4.68. The Kier molecular flexibility index (Phi) is 7.93. The van der Waals surface area contributed by atoms with Gasteiger partial charge in [0.1, 0.15) is 0 Å². The summed E-state index contributed by atoms with van der Waals surface area (Å²) >= 11 is 0. The van der Waals surface area contributed by atoms with Gasteiger partial charge in [0.15, 0.2) is 0 Å². The number of benzene rings is 1. The van der Waals surface area contributed by atoms with Crippen molar-refractivity contribution in [3.8, 4) is 0 Å². The van der Waals surface area contributed by atoms with Crippen LogP contribution in [0, 0.1) is 11.3 Å². The molecule has 2 saturated heterocycles. The van der Waals surface area contributed by atoms with Gasteiger partial charge in [-0.1, -0.05) is 51.1 Å². The monoisotopic (exact) mass is 413 g/mol. The highest BCUT2D eigenvalue weighted by molar-refractivity contribution is 5.82. The fourth-order valence-electron chi connectivity index (χ4n) is 4.68. The Labute approximate surface area is 182 Å². The normalized spacial score (nSPS) is 21.4. The Balaban J connectivity index is 1.43. The summed E-state index contributed by atoms with van der Waals surface area (Å²) in [6.07, 6.45) is 5.86. The van der Waals surface area contributed by atoms with Crippen LogP contribution in [0.25, 0.3) is 0 Å². The smallest absolute Gasteiger partial charge is 0.228 e. The second-order valence-corrected chi connectivity index (χ2v) is 9.62. The molecule has 1 N–H and O–H groups in total. The van der Waals surface area contributed by atoms with E-state index in [4.69, 9.17) is 0 Å². The first-order chi connectivity index (χ1) is 14.4. The lowest BCUT2D eigenvalue weighted by atomic mass is 9.87. The van der Waals surface area contributed by atoms with Crippen molar-refractivity contribution in [1.29, 1.82) is 0 Å². The van der Waals surface area contributed by atoms with Gasteiger partial charge >= 0.3 is 0 Å². The minimum Gasteiger partial charge on any atom is -0.355 e. The third kappa shape index (κ3) is 5.84. The van der Waals surface area contributed by atoms with Crippen LogP contribution in [0.1, 0.15) is 58.4 Å². The largest absolute Gasteiger partial charge is 0.355 e. The quantitative estimate of drug-likeness (QED) is 0.745. The molecule has 1 aromatic rings. The Morgan fingerprint density at radius 2 is 1.77 bits per heavy atom. The van der Waals surface area contributed by atoms with Crippen LogP contribution in [0.2, 0.25) is 0 Å². The summed E-state index contributed by atoms with van der Waals surface area (Å²) < 4.78 is 0. The van der Waals surface area contributed by atoms with Crippen LogP contribution in [0.15, 0.2) is 30.3 Å². The molecule has 2 aliphatic rings. The van der Waals surface area contributed by atoms with Crippen LogP contribution in [0.5, 0.6) is 0 Å². The van der Waals surface area contributed by atoms with Crippen LogP contribution in [-0.2, 0) is 16.0 Å². The standard InChI is InChI=1S/C25H39N3O2/c1-4-25(2,3)24(30)27-17-13-22(14-18-27)28-16-8-11-21(19-28)23(29)26-15-12-20-9-6-5-7-10-20/h5-7,9-10,21-22H,4,8,11-19H2,1-3H3,(H,26,29)/t21-/m0/s1. The number of likely N-dealkylation sites (tertiary alicyclic amines) is 2. The van der Waals surface area contributed by atoms with E-state index in [-0.39, 0.29) is 23.1 Å². The van der Waals surface area contributed by atoms with Gasteiger partial charge in [-0.25, -0.2) is 0 Å². The Morgan fingerprint density at radius 1 is 1.07 bits per heavy atom. The molecule has 1 aromatic carbocycles. The van der Waals surface area contributed by atoms with E-state index in [1.807, 2.05) is 32.0 Å². The Morgan fingerprint density at radius 3 is 2.43 bits per heavy atom. The second-order valence-electron chi connectivity index (χ2n) is 9.62. The summed E-state index contributed by atoms with van der Waals surface area (Å²) in [7, 11) is 0. The van der Waals surface area contributed by atoms with Gasteiger partial charge in [0.05, 0.1) is 5.92 Å². The first-order valence-electron chi connectivity index (χ1n) is 11.8. The number of nitrogens with one attached hydrogen (secondary N) is 1. The lowest BCUT2D eigenvalue weighted by molar-refractivity contribution is -0.142. The third-order valence-electron chi connectivity index (χ3n) is 7.11. The highest BCUT2D eigenvalue weighted by Crippen LogP contribution is 2.28. The molecule has 1 atom stereocenters. The predicted octanol–water partition coefficient (Wildman–Crippen LogP) is 3.48. The summed E-state index contributed by atoms with van der Waals surface area (Å²) in [6.45, 7) is 10.5. The van der Waals surface area contributed by atoms with Gasteiger partial charge in [0, 0.05) is 37.6 Å².